The number of carbonyl (C=O) groups is 3. The zero-order valence-electron chi connectivity index (χ0n) is 40.1. The Hall–Kier alpha value is -8.01. The molecule has 0 aliphatic carbocycles. The molecule has 17 nitrogen and oxygen atoms in total. The average molecular weight is 994 g/mol. The standard InChI is InChI=1S/C54H54ClN9O8/c1-4-40-43(32-61-51(56)50(40)34-6-10-38(65)11-7-34)37-8-13-45(60-31-37)53(68)58-17-15-49(66)57-18-21-69-23-25-71-26-24-70-22-19-59-52(67)41-28-39(12-5-33(41)2)72-54-62-46-29-42(44(55)30-47(46)63-54)35-9-14-48-36(27-35)16-20-64(48)3/h5-14,16,20,27-31,56H,4,15,17-19,21-26H2,1-3H3,(H5,57,58,59,62,63,65,66,67,68)/p+1. The molecule has 3 amide bonds. The van der Waals surface area contributed by atoms with Crippen LogP contribution in [-0.4, -0.2) is 102 Å². The van der Waals surface area contributed by atoms with Gasteiger partial charge in [-0.1, -0.05) is 42.8 Å². The number of halogens is 1. The van der Waals surface area contributed by atoms with Crippen molar-refractivity contribution in [3.05, 3.63) is 137 Å². The number of nitrogens with one attached hydrogen (secondary N) is 4. The molecule has 18 heteroatoms. The van der Waals surface area contributed by atoms with Crippen LogP contribution in [0.3, 0.4) is 0 Å². The molecule has 370 valence electrons. The quantitative estimate of drug-likeness (QED) is 0.0351. The molecule has 0 aliphatic rings. The van der Waals surface area contributed by atoms with Crippen LogP contribution in [0.1, 0.15) is 45.3 Å². The third kappa shape index (κ3) is 12.5. The maximum Gasteiger partial charge on any atom is 0.385 e. The Labute approximate surface area is 421 Å². The van der Waals surface area contributed by atoms with E-state index < -0.39 is 5.91 Å². The second-order valence-electron chi connectivity index (χ2n) is 16.8. The van der Waals surface area contributed by atoms with Crippen molar-refractivity contribution in [3.63, 3.8) is 0 Å². The number of benzene rings is 4. The molecule has 7 N–H and O–H groups in total. The van der Waals surface area contributed by atoms with Crippen molar-refractivity contribution >= 4 is 57.1 Å². The molecular weight excluding hydrogens is 938 g/mol. The Balaban J connectivity index is 0.661. The molecule has 4 aromatic carbocycles. The predicted molar refractivity (Wildman–Crippen MR) is 274 cm³/mol. The number of carbonyl (C=O) groups excluding carboxylic acids is 3. The molecule has 4 heterocycles. The zero-order valence-corrected chi connectivity index (χ0v) is 40.9. The number of nitrogens with two attached hydrogens (primary N) is 1. The number of imidazole rings is 1. The lowest BCUT2D eigenvalue weighted by Gasteiger charge is -2.10. The summed E-state index contributed by atoms with van der Waals surface area (Å²) in [5.41, 5.74) is 16.0. The largest absolute Gasteiger partial charge is 0.508 e. The maximum atomic E-state index is 13.1. The number of rotatable bonds is 23. The van der Waals surface area contributed by atoms with Gasteiger partial charge in [-0.2, -0.15) is 9.97 Å². The minimum atomic E-state index is -0.408. The van der Waals surface area contributed by atoms with E-state index in [9.17, 15) is 19.5 Å². The number of hydrogen-bond acceptors (Lipinski definition) is 11. The number of phenols is 1. The van der Waals surface area contributed by atoms with Gasteiger partial charge in [-0.3, -0.25) is 25.1 Å². The van der Waals surface area contributed by atoms with Gasteiger partial charge in [0.25, 0.3) is 17.8 Å². The Morgan fingerprint density at radius 3 is 2.26 bits per heavy atom. The fourth-order valence-corrected chi connectivity index (χ4v) is 8.36. The van der Waals surface area contributed by atoms with Crippen molar-refractivity contribution in [2.45, 2.75) is 26.7 Å². The van der Waals surface area contributed by atoms with Crippen LogP contribution in [0.25, 0.3) is 55.3 Å². The minimum Gasteiger partial charge on any atom is -0.508 e. The lowest BCUT2D eigenvalue weighted by atomic mass is 9.93. The summed E-state index contributed by atoms with van der Waals surface area (Å²) >= 11 is 6.73. The van der Waals surface area contributed by atoms with Gasteiger partial charge in [0.2, 0.25) is 5.91 Å². The first-order chi connectivity index (χ1) is 34.9. The van der Waals surface area contributed by atoms with E-state index in [1.807, 2.05) is 51.4 Å². The van der Waals surface area contributed by atoms with Gasteiger partial charge in [-0.25, -0.2) is 0 Å². The molecule has 0 bridgehead atoms. The Morgan fingerprint density at radius 1 is 0.819 bits per heavy atom. The summed E-state index contributed by atoms with van der Waals surface area (Å²) in [6.07, 6.45) is 7.34. The molecule has 72 heavy (non-hydrogen) atoms. The molecule has 4 aromatic heterocycles. The van der Waals surface area contributed by atoms with E-state index in [0.29, 0.717) is 92.4 Å². The summed E-state index contributed by atoms with van der Waals surface area (Å²) in [4.78, 5) is 54.7. The number of fused-ring (bicyclic) bond motifs is 2. The molecule has 0 aliphatic heterocycles. The molecular formula is C54H55ClN9O8+. The van der Waals surface area contributed by atoms with Crippen LogP contribution in [0, 0.1) is 13.1 Å². The van der Waals surface area contributed by atoms with Crippen molar-refractivity contribution in [2.24, 2.45) is 7.05 Å². The number of ether oxygens (including phenoxy) is 4. The summed E-state index contributed by atoms with van der Waals surface area (Å²) in [5.74, 6) is 0.0300. The van der Waals surface area contributed by atoms with E-state index in [2.05, 4.69) is 64.8 Å². The number of aromatic hydroxyl groups is 1. The smallest absolute Gasteiger partial charge is 0.385 e. The highest BCUT2D eigenvalue weighted by molar-refractivity contribution is 6.34. The number of aromatic amines is 1. The first kappa shape index (κ1) is 50.4. The topological polar surface area (TPSA) is 231 Å². The van der Waals surface area contributed by atoms with Crippen molar-refractivity contribution < 1.29 is 43.4 Å². The number of nitrogen functional groups attached to an aromatic ring is 1. The molecule has 0 fully saturated rings. The van der Waals surface area contributed by atoms with E-state index in [1.54, 1.807) is 54.7 Å². The summed E-state index contributed by atoms with van der Waals surface area (Å²) in [6, 6.07) is 27.8. The molecule has 0 saturated heterocycles. The number of amides is 3. The van der Waals surface area contributed by atoms with Crippen LogP contribution in [0.4, 0.5) is 5.82 Å². The highest BCUT2D eigenvalue weighted by Gasteiger charge is 2.21. The van der Waals surface area contributed by atoms with Crippen molar-refractivity contribution in [3.8, 4) is 50.9 Å². The summed E-state index contributed by atoms with van der Waals surface area (Å²) in [5, 5.41) is 19.8. The number of phenolic OH excluding ortho intramolecular Hbond substituents is 1. The lowest BCUT2D eigenvalue weighted by Crippen LogP contribution is -2.32. The van der Waals surface area contributed by atoms with Gasteiger partial charge < -0.3 is 49.6 Å². The van der Waals surface area contributed by atoms with Gasteiger partial charge in [0.05, 0.1) is 66.8 Å². The Kier molecular flexibility index (Phi) is 16.6. The van der Waals surface area contributed by atoms with Gasteiger partial charge >= 0.3 is 5.82 Å². The first-order valence-electron chi connectivity index (χ1n) is 23.5. The number of pyridine rings is 1. The van der Waals surface area contributed by atoms with Gasteiger partial charge in [-0.05, 0) is 102 Å². The number of nitrogens with zero attached hydrogens (tertiary/aromatic N) is 4. The maximum absolute atomic E-state index is 13.1. The van der Waals surface area contributed by atoms with Gasteiger partial charge in [-0.15, -0.1) is 0 Å². The number of anilines is 1. The highest BCUT2D eigenvalue weighted by Crippen LogP contribution is 2.36. The van der Waals surface area contributed by atoms with Crippen molar-refractivity contribution in [2.75, 3.05) is 65.0 Å². The summed E-state index contributed by atoms with van der Waals surface area (Å²) in [7, 11) is 2.01. The SMILES string of the molecule is CCc1c(-c2ccc(C(=O)NCCC(=O)NCCOCCOCCOCCNC(=O)c3cc(Oc4nc5cc(-c6ccc7c(ccn7C)c6)c(Cl)cc5[nH]4)ccc3C)nc2)c#[n+]c(N)c1-c1ccc(O)cc1. The highest BCUT2D eigenvalue weighted by atomic mass is 35.5. The molecule has 0 radical (unpaired) electrons. The zero-order chi connectivity index (χ0) is 50.6. The van der Waals surface area contributed by atoms with Crippen molar-refractivity contribution in [1.82, 2.24) is 35.5 Å². The monoisotopic (exact) mass is 992 g/mol. The number of aromatic nitrogens is 5. The second-order valence-corrected chi connectivity index (χ2v) is 17.2. The van der Waals surface area contributed by atoms with Crippen LogP contribution >= 0.6 is 11.6 Å². The fraction of sp³-hybridized carbons (Fsp3) is 0.259. The Morgan fingerprint density at radius 2 is 1.53 bits per heavy atom. The molecule has 8 rings (SSSR count). The first-order valence-corrected chi connectivity index (χ1v) is 23.9. The van der Waals surface area contributed by atoms with Crippen LogP contribution in [0.2, 0.25) is 5.02 Å². The molecule has 0 unspecified atom stereocenters. The summed E-state index contributed by atoms with van der Waals surface area (Å²) < 4.78 is 24.9. The normalized spacial score (nSPS) is 11.2. The Bertz CT molecular complexity index is 3190. The molecule has 8 aromatic rings. The van der Waals surface area contributed by atoms with Gasteiger partial charge in [0.1, 0.15) is 17.2 Å². The van der Waals surface area contributed by atoms with Crippen LogP contribution in [-0.2, 0) is 32.5 Å². The number of aryl methyl sites for hydroxylation is 2. The van der Waals surface area contributed by atoms with E-state index in [1.165, 1.54) is 0 Å². The minimum absolute atomic E-state index is 0.0844. The van der Waals surface area contributed by atoms with E-state index in [0.717, 1.165) is 55.4 Å². The lowest BCUT2D eigenvalue weighted by molar-refractivity contribution is -0.274. The third-order valence-electron chi connectivity index (χ3n) is 11.8. The average Bonchev–Trinajstić information content (AvgIpc) is 3.96. The van der Waals surface area contributed by atoms with Crippen LogP contribution < -0.4 is 31.4 Å². The second kappa shape index (κ2) is 23.7. The van der Waals surface area contributed by atoms with E-state index >= 15 is 0 Å². The summed E-state index contributed by atoms with van der Waals surface area (Å²) in [6.45, 7) is 6.54. The third-order valence-corrected chi connectivity index (χ3v) is 12.2. The number of H-pyrrole nitrogens is 1. The van der Waals surface area contributed by atoms with E-state index in [-0.39, 0.29) is 42.2 Å². The van der Waals surface area contributed by atoms with Crippen molar-refractivity contribution in [1.29, 1.82) is 0 Å². The molecule has 0 spiro atoms. The van der Waals surface area contributed by atoms with Gasteiger partial charge in [0, 0.05) is 73.1 Å². The predicted octanol–water partition coefficient (Wildman–Crippen LogP) is 7.17. The van der Waals surface area contributed by atoms with Crippen LogP contribution in [0.15, 0.2) is 103 Å². The molecule has 0 atom stereocenters. The molecule has 0 saturated carbocycles. The fourth-order valence-electron chi connectivity index (χ4n) is 8.09. The van der Waals surface area contributed by atoms with Crippen LogP contribution in [0.5, 0.6) is 17.5 Å². The van der Waals surface area contributed by atoms with E-state index in [4.69, 9.17) is 36.3 Å². The number of hydrogen-bond donors (Lipinski definition) is 6. The van der Waals surface area contributed by atoms with Gasteiger partial charge in [0.15, 0.2) is 6.20 Å².